The molecule has 70 valence electrons. The molecule has 0 spiro atoms. The van der Waals surface area contributed by atoms with Gasteiger partial charge in [0.15, 0.2) is 0 Å². The topological polar surface area (TPSA) is 63.3 Å². The van der Waals surface area contributed by atoms with Crippen LogP contribution in [0.1, 0.15) is 17.2 Å². The monoisotopic (exact) mass is 199 g/mol. The van der Waals surface area contributed by atoms with Crippen LogP contribution in [0.3, 0.4) is 0 Å². The standard InChI is InChI=1S/C9H10ClNO2/c1-5-2-3-6(4-7(5)10)8(11)9(12)13/h2-4,8H,11H2,1H3,(H,12,13)/t8-/m0/s1. The second-order valence-corrected chi connectivity index (χ2v) is 3.23. The molecule has 3 N–H and O–H groups in total. The van der Waals surface area contributed by atoms with Crippen molar-refractivity contribution in [2.45, 2.75) is 13.0 Å². The summed E-state index contributed by atoms with van der Waals surface area (Å²) in [5, 5.41) is 9.16. The first-order valence-corrected chi connectivity index (χ1v) is 4.14. The number of nitrogens with two attached hydrogens (primary N) is 1. The number of carboxylic acids is 1. The van der Waals surface area contributed by atoms with Gasteiger partial charge < -0.3 is 10.8 Å². The molecule has 1 aromatic carbocycles. The Morgan fingerprint density at radius 3 is 2.69 bits per heavy atom. The fraction of sp³-hybridized carbons (Fsp3) is 0.222. The van der Waals surface area contributed by atoms with Crippen LogP contribution in [0.25, 0.3) is 0 Å². The number of hydrogen-bond acceptors (Lipinski definition) is 2. The first kappa shape index (κ1) is 10.0. The summed E-state index contributed by atoms with van der Waals surface area (Å²) in [6.07, 6.45) is 0. The highest BCUT2D eigenvalue weighted by Crippen LogP contribution is 2.20. The third kappa shape index (κ3) is 2.20. The number of carboxylic acid groups (broad SMARTS) is 1. The smallest absolute Gasteiger partial charge is 0.325 e. The van der Waals surface area contributed by atoms with Crippen molar-refractivity contribution in [2.24, 2.45) is 5.73 Å². The van der Waals surface area contributed by atoms with Crippen LogP contribution in [0, 0.1) is 6.92 Å². The van der Waals surface area contributed by atoms with E-state index in [1.165, 1.54) is 0 Å². The average molecular weight is 200 g/mol. The number of aliphatic carboxylic acids is 1. The summed E-state index contributed by atoms with van der Waals surface area (Å²) in [6.45, 7) is 1.85. The zero-order valence-electron chi connectivity index (χ0n) is 7.12. The highest BCUT2D eigenvalue weighted by atomic mass is 35.5. The highest BCUT2D eigenvalue weighted by molar-refractivity contribution is 6.31. The van der Waals surface area contributed by atoms with E-state index in [-0.39, 0.29) is 0 Å². The van der Waals surface area contributed by atoms with E-state index in [9.17, 15) is 4.79 Å². The SMILES string of the molecule is Cc1ccc([C@H](N)C(=O)O)cc1Cl. The fourth-order valence-corrected chi connectivity index (χ4v) is 1.13. The summed E-state index contributed by atoms with van der Waals surface area (Å²) < 4.78 is 0. The van der Waals surface area contributed by atoms with Crippen LogP contribution in [0.4, 0.5) is 0 Å². The van der Waals surface area contributed by atoms with Gasteiger partial charge in [-0.1, -0.05) is 23.7 Å². The molecule has 4 heteroatoms. The normalized spacial score (nSPS) is 12.5. The summed E-state index contributed by atoms with van der Waals surface area (Å²) >= 11 is 5.81. The van der Waals surface area contributed by atoms with Crippen molar-refractivity contribution in [1.82, 2.24) is 0 Å². The Hall–Kier alpha value is -1.06. The van der Waals surface area contributed by atoms with Gasteiger partial charge in [0.1, 0.15) is 6.04 Å². The van der Waals surface area contributed by atoms with Crippen molar-refractivity contribution < 1.29 is 9.90 Å². The van der Waals surface area contributed by atoms with Gasteiger partial charge in [-0.2, -0.15) is 0 Å². The highest BCUT2D eigenvalue weighted by Gasteiger charge is 2.14. The van der Waals surface area contributed by atoms with Gasteiger partial charge in [-0.05, 0) is 24.1 Å². The minimum Gasteiger partial charge on any atom is -0.480 e. The second kappa shape index (κ2) is 3.77. The number of carbonyl (C=O) groups is 1. The molecule has 3 nitrogen and oxygen atoms in total. The van der Waals surface area contributed by atoms with Gasteiger partial charge in [0.05, 0.1) is 0 Å². The molecule has 0 radical (unpaired) electrons. The van der Waals surface area contributed by atoms with E-state index in [1.54, 1.807) is 18.2 Å². The third-order valence-electron chi connectivity index (χ3n) is 1.82. The van der Waals surface area contributed by atoms with Gasteiger partial charge in [0.2, 0.25) is 0 Å². The average Bonchev–Trinajstić information content (AvgIpc) is 2.08. The lowest BCUT2D eigenvalue weighted by Gasteiger charge is -2.07. The van der Waals surface area contributed by atoms with Crippen molar-refractivity contribution in [1.29, 1.82) is 0 Å². The zero-order valence-corrected chi connectivity index (χ0v) is 7.88. The van der Waals surface area contributed by atoms with Crippen LogP contribution in [0.15, 0.2) is 18.2 Å². The van der Waals surface area contributed by atoms with Crippen molar-refractivity contribution in [3.63, 3.8) is 0 Å². The summed E-state index contributed by atoms with van der Waals surface area (Å²) in [5.41, 5.74) is 6.82. The summed E-state index contributed by atoms with van der Waals surface area (Å²) in [6, 6.07) is 3.99. The Balaban J connectivity index is 3.03. The van der Waals surface area contributed by atoms with Crippen LogP contribution >= 0.6 is 11.6 Å². The molecule has 13 heavy (non-hydrogen) atoms. The first-order valence-electron chi connectivity index (χ1n) is 3.77. The molecule has 0 amide bonds. The van der Waals surface area contributed by atoms with Crippen LogP contribution in [-0.4, -0.2) is 11.1 Å². The number of rotatable bonds is 2. The lowest BCUT2D eigenvalue weighted by atomic mass is 10.1. The molecule has 1 atom stereocenters. The first-order chi connectivity index (χ1) is 6.02. The van der Waals surface area contributed by atoms with Crippen LogP contribution in [-0.2, 0) is 4.79 Å². The summed E-state index contributed by atoms with van der Waals surface area (Å²) in [4.78, 5) is 10.5. The van der Waals surface area contributed by atoms with Gasteiger partial charge in [0, 0.05) is 5.02 Å². The van der Waals surface area contributed by atoms with Crippen molar-refractivity contribution in [3.8, 4) is 0 Å². The largest absolute Gasteiger partial charge is 0.480 e. The molecule has 0 fully saturated rings. The predicted octanol–water partition coefficient (Wildman–Crippen LogP) is 1.73. The Kier molecular flexibility index (Phi) is 2.90. The van der Waals surface area contributed by atoms with Gasteiger partial charge in [-0.3, -0.25) is 4.79 Å². The summed E-state index contributed by atoms with van der Waals surface area (Å²) in [5.74, 6) is -1.06. The van der Waals surface area contributed by atoms with Gasteiger partial charge >= 0.3 is 5.97 Å². The Bertz CT molecular complexity index is 338. The van der Waals surface area contributed by atoms with Crippen LogP contribution in [0.5, 0.6) is 0 Å². The maximum Gasteiger partial charge on any atom is 0.325 e. The molecule has 0 aromatic heterocycles. The van der Waals surface area contributed by atoms with Gasteiger partial charge in [-0.25, -0.2) is 0 Å². The van der Waals surface area contributed by atoms with Crippen molar-refractivity contribution in [3.05, 3.63) is 34.3 Å². The maximum atomic E-state index is 10.5. The fourth-order valence-electron chi connectivity index (χ4n) is 0.945. The van der Waals surface area contributed by atoms with Gasteiger partial charge in [0.25, 0.3) is 0 Å². The van der Waals surface area contributed by atoms with Crippen LogP contribution in [0.2, 0.25) is 5.02 Å². The van der Waals surface area contributed by atoms with Gasteiger partial charge in [-0.15, -0.1) is 0 Å². The molecule has 0 unspecified atom stereocenters. The third-order valence-corrected chi connectivity index (χ3v) is 2.23. The predicted molar refractivity (Wildman–Crippen MR) is 50.8 cm³/mol. The van der Waals surface area contributed by atoms with Crippen molar-refractivity contribution in [2.75, 3.05) is 0 Å². The number of benzene rings is 1. The molecular formula is C9H10ClNO2. The molecular weight excluding hydrogens is 190 g/mol. The molecule has 0 aliphatic rings. The van der Waals surface area contributed by atoms with E-state index in [0.29, 0.717) is 10.6 Å². The Labute approximate surface area is 81.1 Å². The molecule has 1 rings (SSSR count). The van der Waals surface area contributed by atoms with E-state index in [0.717, 1.165) is 5.56 Å². The molecule has 1 aromatic rings. The van der Waals surface area contributed by atoms with E-state index in [2.05, 4.69) is 0 Å². The Morgan fingerprint density at radius 2 is 2.23 bits per heavy atom. The van der Waals surface area contributed by atoms with E-state index >= 15 is 0 Å². The molecule has 0 saturated heterocycles. The van der Waals surface area contributed by atoms with E-state index < -0.39 is 12.0 Å². The maximum absolute atomic E-state index is 10.5. The number of aryl methyl sites for hydroxylation is 1. The summed E-state index contributed by atoms with van der Waals surface area (Å²) in [7, 11) is 0. The molecule has 0 aliphatic carbocycles. The second-order valence-electron chi connectivity index (χ2n) is 2.82. The van der Waals surface area contributed by atoms with Crippen molar-refractivity contribution >= 4 is 17.6 Å². The minimum atomic E-state index is -1.06. The number of halogens is 1. The minimum absolute atomic E-state index is 0.517. The lowest BCUT2D eigenvalue weighted by molar-refractivity contribution is -0.138. The van der Waals surface area contributed by atoms with E-state index in [1.807, 2.05) is 6.92 Å². The number of hydrogen-bond donors (Lipinski definition) is 2. The zero-order chi connectivity index (χ0) is 10.0. The van der Waals surface area contributed by atoms with Crippen LogP contribution < -0.4 is 5.73 Å². The molecule has 0 aliphatic heterocycles. The Morgan fingerprint density at radius 1 is 1.62 bits per heavy atom. The molecule has 0 bridgehead atoms. The lowest BCUT2D eigenvalue weighted by Crippen LogP contribution is -2.20. The quantitative estimate of drug-likeness (QED) is 0.763. The molecule has 0 saturated carbocycles. The molecule has 0 heterocycles. The van der Waals surface area contributed by atoms with E-state index in [4.69, 9.17) is 22.4 Å².